The smallest absolute Gasteiger partial charge is 0.237 e. The molecule has 1 amide bonds. The largest absolute Gasteiger partial charge is 0.462 e. The molecule has 2 heterocycles. The number of rotatable bonds is 5. The molecule has 0 radical (unpaired) electrons. The number of carbonyl (C=O) groups is 1. The van der Waals surface area contributed by atoms with Crippen molar-refractivity contribution in [3.63, 3.8) is 0 Å². The van der Waals surface area contributed by atoms with Crippen molar-refractivity contribution >= 4 is 27.1 Å². The molecule has 1 atom stereocenters. The van der Waals surface area contributed by atoms with Gasteiger partial charge in [-0.2, -0.15) is 0 Å². The first-order chi connectivity index (χ1) is 9.44. The lowest BCUT2D eigenvalue weighted by atomic mass is 10.4. The van der Waals surface area contributed by atoms with E-state index in [1.165, 1.54) is 31.6 Å². The fourth-order valence-corrected chi connectivity index (χ4v) is 3.73. The van der Waals surface area contributed by atoms with Crippen molar-refractivity contribution in [3.05, 3.63) is 29.5 Å². The molecule has 0 aliphatic heterocycles. The number of thiazole rings is 1. The normalized spacial score (nSPS) is 13.1. The topological polar surface area (TPSA) is 89.3 Å². The van der Waals surface area contributed by atoms with Crippen molar-refractivity contribution in [2.24, 2.45) is 0 Å². The Hall–Kier alpha value is -1.67. The van der Waals surface area contributed by atoms with E-state index in [1.807, 2.05) is 0 Å². The predicted molar refractivity (Wildman–Crippen MR) is 76.0 cm³/mol. The van der Waals surface area contributed by atoms with Crippen LogP contribution in [0.25, 0.3) is 10.8 Å². The summed E-state index contributed by atoms with van der Waals surface area (Å²) in [5.41, 5.74) is 0.414. The molecule has 2 aromatic heterocycles. The molecule has 108 valence electrons. The molecular formula is C12H14N2O4S2. The highest BCUT2D eigenvalue weighted by Crippen LogP contribution is 2.25. The third-order valence-corrected chi connectivity index (χ3v) is 5.68. The van der Waals surface area contributed by atoms with E-state index in [0.717, 1.165) is 0 Å². The zero-order valence-electron chi connectivity index (χ0n) is 11.0. The van der Waals surface area contributed by atoms with Gasteiger partial charge in [-0.15, -0.1) is 11.3 Å². The first kappa shape index (κ1) is 14.7. The quantitative estimate of drug-likeness (QED) is 0.902. The molecule has 1 unspecified atom stereocenters. The van der Waals surface area contributed by atoms with E-state index in [9.17, 15) is 13.2 Å². The Morgan fingerprint density at radius 2 is 2.30 bits per heavy atom. The van der Waals surface area contributed by atoms with Crippen molar-refractivity contribution < 1.29 is 17.6 Å². The fourth-order valence-electron chi connectivity index (χ4n) is 1.58. The second-order valence-corrected chi connectivity index (χ2v) is 7.36. The maximum atomic E-state index is 12.1. The van der Waals surface area contributed by atoms with Crippen LogP contribution in [0.1, 0.15) is 12.6 Å². The molecule has 20 heavy (non-hydrogen) atoms. The van der Waals surface area contributed by atoms with Gasteiger partial charge in [0.2, 0.25) is 5.91 Å². The van der Waals surface area contributed by atoms with Crippen molar-refractivity contribution in [2.45, 2.75) is 17.9 Å². The summed E-state index contributed by atoms with van der Waals surface area (Å²) in [5, 5.41) is 3.51. The Labute approximate surface area is 120 Å². The molecule has 0 saturated heterocycles. The highest BCUT2D eigenvalue weighted by Gasteiger charge is 2.28. The lowest BCUT2D eigenvalue weighted by Gasteiger charge is -2.09. The van der Waals surface area contributed by atoms with Crippen LogP contribution in [-0.2, 0) is 20.4 Å². The second-order valence-electron chi connectivity index (χ2n) is 4.18. The van der Waals surface area contributed by atoms with E-state index in [2.05, 4.69) is 10.3 Å². The number of hydrogen-bond donors (Lipinski definition) is 1. The highest BCUT2D eigenvalue weighted by molar-refractivity contribution is 7.92. The zero-order chi connectivity index (χ0) is 14.8. The summed E-state index contributed by atoms with van der Waals surface area (Å²) in [6, 6.07) is 3.49. The van der Waals surface area contributed by atoms with Gasteiger partial charge in [-0.3, -0.25) is 4.79 Å². The van der Waals surface area contributed by atoms with Gasteiger partial charge >= 0.3 is 0 Å². The molecule has 0 bridgehead atoms. The molecule has 0 spiro atoms. The average Bonchev–Trinajstić information content (AvgIpc) is 3.06. The number of nitrogens with one attached hydrogen (secondary N) is 1. The van der Waals surface area contributed by atoms with Gasteiger partial charge in [0.05, 0.1) is 17.7 Å². The van der Waals surface area contributed by atoms with Crippen LogP contribution >= 0.6 is 11.3 Å². The molecule has 0 fully saturated rings. The van der Waals surface area contributed by atoms with Gasteiger partial charge < -0.3 is 9.73 Å². The van der Waals surface area contributed by atoms with Crippen LogP contribution in [0, 0.1) is 0 Å². The van der Waals surface area contributed by atoms with Crippen LogP contribution in [0.5, 0.6) is 0 Å². The van der Waals surface area contributed by atoms with Gasteiger partial charge in [0.1, 0.15) is 5.25 Å². The van der Waals surface area contributed by atoms with Crippen molar-refractivity contribution in [1.82, 2.24) is 10.3 Å². The number of aromatic nitrogens is 1. The monoisotopic (exact) mass is 314 g/mol. The van der Waals surface area contributed by atoms with Gasteiger partial charge in [-0.1, -0.05) is 0 Å². The summed E-state index contributed by atoms with van der Waals surface area (Å²) in [5.74, 6) is -0.191. The van der Waals surface area contributed by atoms with E-state index >= 15 is 0 Å². The molecule has 2 rings (SSSR count). The summed E-state index contributed by atoms with van der Waals surface area (Å²) in [4.78, 5) is 15.6. The lowest BCUT2D eigenvalue weighted by molar-refractivity contribution is -0.119. The summed E-state index contributed by atoms with van der Waals surface area (Å²) in [6.45, 7) is 1.37. The number of amides is 1. The maximum absolute atomic E-state index is 12.1. The number of hydrogen-bond acceptors (Lipinski definition) is 6. The Balaban J connectivity index is 2.16. The van der Waals surface area contributed by atoms with Crippen LogP contribution in [0.2, 0.25) is 0 Å². The van der Waals surface area contributed by atoms with Crippen LogP contribution in [0.4, 0.5) is 0 Å². The summed E-state index contributed by atoms with van der Waals surface area (Å²) in [7, 11) is -2.17. The van der Waals surface area contributed by atoms with Crippen LogP contribution < -0.4 is 5.32 Å². The first-order valence-corrected chi connectivity index (χ1v) is 8.45. The predicted octanol–water partition coefficient (Wildman–Crippen LogP) is 1.45. The molecule has 1 N–H and O–H groups in total. The van der Waals surface area contributed by atoms with Crippen molar-refractivity contribution in [1.29, 1.82) is 0 Å². The highest BCUT2D eigenvalue weighted by atomic mass is 32.2. The molecule has 0 saturated carbocycles. The number of furan rings is 1. The van der Waals surface area contributed by atoms with E-state index in [1.54, 1.807) is 17.5 Å². The van der Waals surface area contributed by atoms with E-state index in [0.29, 0.717) is 16.5 Å². The van der Waals surface area contributed by atoms with Crippen molar-refractivity contribution in [2.75, 3.05) is 7.05 Å². The minimum atomic E-state index is -3.58. The average molecular weight is 314 g/mol. The zero-order valence-corrected chi connectivity index (χ0v) is 12.6. The summed E-state index contributed by atoms with van der Waals surface area (Å²) >= 11 is 1.30. The number of carbonyl (C=O) groups excluding carboxylic acids is 1. The first-order valence-electron chi connectivity index (χ1n) is 5.85. The van der Waals surface area contributed by atoms with Crippen molar-refractivity contribution in [3.8, 4) is 10.8 Å². The molecule has 2 aromatic rings. The van der Waals surface area contributed by atoms with Crippen LogP contribution in [0.3, 0.4) is 0 Å². The minimum Gasteiger partial charge on any atom is -0.462 e. The SMILES string of the molecule is CNC(=O)C(C)S(=O)(=O)Cc1csc(-c2ccco2)n1. The molecule has 0 aliphatic carbocycles. The standard InChI is InChI=1S/C12H14N2O4S2/c1-8(11(15)13-2)20(16,17)7-9-6-19-12(14-9)10-4-3-5-18-10/h3-6,8H,7H2,1-2H3,(H,13,15). The van der Waals surface area contributed by atoms with Crippen LogP contribution in [-0.4, -0.2) is 31.6 Å². The summed E-state index contributed by atoms with van der Waals surface area (Å²) < 4.78 is 29.4. The van der Waals surface area contributed by atoms with Gasteiger partial charge in [0.15, 0.2) is 20.6 Å². The third kappa shape index (κ3) is 3.07. The van der Waals surface area contributed by atoms with Gasteiger partial charge in [-0.25, -0.2) is 13.4 Å². The van der Waals surface area contributed by atoms with Gasteiger partial charge in [-0.05, 0) is 19.1 Å². The Morgan fingerprint density at radius 1 is 1.55 bits per heavy atom. The Bertz CT molecular complexity index is 689. The molecule has 6 nitrogen and oxygen atoms in total. The number of nitrogens with zero attached hydrogens (tertiary/aromatic N) is 1. The van der Waals surface area contributed by atoms with E-state index in [4.69, 9.17) is 4.42 Å². The summed E-state index contributed by atoms with van der Waals surface area (Å²) in [6.07, 6.45) is 1.53. The van der Waals surface area contributed by atoms with Crippen LogP contribution in [0.15, 0.2) is 28.2 Å². The molecule has 8 heteroatoms. The molecule has 0 aliphatic rings. The third-order valence-electron chi connectivity index (χ3n) is 2.79. The number of sulfone groups is 1. The van der Waals surface area contributed by atoms with Gasteiger partial charge in [0, 0.05) is 12.4 Å². The lowest BCUT2D eigenvalue weighted by Crippen LogP contribution is -2.36. The fraction of sp³-hybridized carbons (Fsp3) is 0.333. The Kier molecular flexibility index (Phi) is 4.24. The molecular weight excluding hydrogens is 300 g/mol. The maximum Gasteiger partial charge on any atom is 0.237 e. The minimum absolute atomic E-state index is 0.265. The molecule has 0 aromatic carbocycles. The van der Waals surface area contributed by atoms with E-state index < -0.39 is 21.0 Å². The van der Waals surface area contributed by atoms with E-state index in [-0.39, 0.29) is 5.75 Å². The van der Waals surface area contributed by atoms with Gasteiger partial charge in [0.25, 0.3) is 0 Å². The Morgan fingerprint density at radius 3 is 2.90 bits per heavy atom. The second kappa shape index (κ2) is 5.76.